The predicted octanol–water partition coefficient (Wildman–Crippen LogP) is 3.85. The molecule has 6 heteroatoms. The number of benzene rings is 2. The smallest absolute Gasteiger partial charge is 0.289 e. The summed E-state index contributed by atoms with van der Waals surface area (Å²) in [5.41, 5.74) is 2.52. The van der Waals surface area contributed by atoms with Gasteiger partial charge in [-0.3, -0.25) is 9.69 Å². The van der Waals surface area contributed by atoms with Gasteiger partial charge in [-0.1, -0.05) is 24.3 Å². The molecule has 2 heterocycles. The molecule has 3 aromatic rings. The van der Waals surface area contributed by atoms with Crippen molar-refractivity contribution in [2.24, 2.45) is 0 Å². The number of hydrogen-bond acceptors (Lipinski definition) is 4. The molecule has 1 fully saturated rings. The molecule has 0 N–H and O–H groups in total. The number of aryl methyl sites for hydroxylation is 1. The van der Waals surface area contributed by atoms with Crippen LogP contribution in [0.2, 0.25) is 0 Å². The minimum atomic E-state index is -0.353. The SMILES string of the molecule is COc1ccc(CN2CCN(C(=O)c3oc4ccccc4c3C)CC2)cc1F. The van der Waals surface area contributed by atoms with Crippen LogP contribution in [0.4, 0.5) is 4.39 Å². The number of halogens is 1. The summed E-state index contributed by atoms with van der Waals surface area (Å²) in [4.78, 5) is 17.0. The van der Waals surface area contributed by atoms with Gasteiger partial charge in [-0.05, 0) is 30.7 Å². The van der Waals surface area contributed by atoms with Crippen LogP contribution in [-0.2, 0) is 6.54 Å². The summed E-state index contributed by atoms with van der Waals surface area (Å²) in [5, 5.41) is 0.978. The summed E-state index contributed by atoms with van der Waals surface area (Å²) in [7, 11) is 1.46. The van der Waals surface area contributed by atoms with Gasteiger partial charge in [0, 0.05) is 43.7 Å². The van der Waals surface area contributed by atoms with Crippen LogP contribution in [0.3, 0.4) is 0 Å². The van der Waals surface area contributed by atoms with Gasteiger partial charge in [0.15, 0.2) is 17.3 Å². The van der Waals surface area contributed by atoms with Gasteiger partial charge in [-0.25, -0.2) is 4.39 Å². The maximum atomic E-state index is 13.9. The molecule has 1 aromatic heterocycles. The van der Waals surface area contributed by atoms with E-state index in [1.54, 1.807) is 6.07 Å². The van der Waals surface area contributed by atoms with Gasteiger partial charge in [-0.15, -0.1) is 0 Å². The summed E-state index contributed by atoms with van der Waals surface area (Å²) in [6, 6.07) is 12.7. The van der Waals surface area contributed by atoms with Crippen LogP contribution >= 0.6 is 0 Å². The van der Waals surface area contributed by atoms with Crippen LogP contribution in [0.1, 0.15) is 21.7 Å². The maximum absolute atomic E-state index is 13.9. The second kappa shape index (κ2) is 7.64. The number of para-hydroxylation sites is 1. The van der Waals surface area contributed by atoms with Crippen LogP contribution in [0.5, 0.6) is 5.75 Å². The lowest BCUT2D eigenvalue weighted by Gasteiger charge is -2.34. The summed E-state index contributed by atoms with van der Waals surface area (Å²) in [6.07, 6.45) is 0. The molecule has 5 nitrogen and oxygen atoms in total. The van der Waals surface area contributed by atoms with E-state index in [-0.39, 0.29) is 17.5 Å². The lowest BCUT2D eigenvalue weighted by Crippen LogP contribution is -2.48. The Bertz CT molecular complexity index is 1010. The number of hydrogen-bond donors (Lipinski definition) is 0. The van der Waals surface area contributed by atoms with Crippen molar-refractivity contribution in [1.82, 2.24) is 9.80 Å². The number of amides is 1. The average Bonchev–Trinajstić information content (AvgIpc) is 3.05. The Morgan fingerprint density at radius 2 is 1.89 bits per heavy atom. The minimum absolute atomic E-state index is 0.0659. The molecule has 0 radical (unpaired) electrons. The van der Waals surface area contributed by atoms with Crippen molar-refractivity contribution in [1.29, 1.82) is 0 Å². The molecule has 0 atom stereocenters. The van der Waals surface area contributed by atoms with E-state index in [0.29, 0.717) is 25.4 Å². The van der Waals surface area contributed by atoms with Crippen LogP contribution in [0.15, 0.2) is 46.9 Å². The highest BCUT2D eigenvalue weighted by molar-refractivity contribution is 5.98. The highest BCUT2D eigenvalue weighted by Gasteiger charge is 2.26. The number of furan rings is 1. The van der Waals surface area contributed by atoms with E-state index in [9.17, 15) is 9.18 Å². The zero-order chi connectivity index (χ0) is 19.7. The summed E-state index contributed by atoms with van der Waals surface area (Å²) in [6.45, 7) is 5.28. The largest absolute Gasteiger partial charge is 0.494 e. The number of piperazine rings is 1. The van der Waals surface area contributed by atoms with Crippen molar-refractivity contribution in [3.05, 3.63) is 65.2 Å². The zero-order valence-corrected chi connectivity index (χ0v) is 16.1. The van der Waals surface area contributed by atoms with E-state index in [1.165, 1.54) is 13.2 Å². The molecule has 4 rings (SSSR count). The van der Waals surface area contributed by atoms with Gasteiger partial charge >= 0.3 is 0 Å². The Morgan fingerprint density at radius 3 is 2.57 bits per heavy atom. The molecular weight excluding hydrogens is 359 g/mol. The number of fused-ring (bicyclic) bond motifs is 1. The molecule has 1 aliphatic heterocycles. The van der Waals surface area contributed by atoms with Crippen LogP contribution < -0.4 is 4.74 Å². The first-order valence-corrected chi connectivity index (χ1v) is 9.39. The third-order valence-electron chi connectivity index (χ3n) is 5.32. The second-order valence-electron chi connectivity index (χ2n) is 7.09. The number of rotatable bonds is 4. The van der Waals surface area contributed by atoms with Crippen LogP contribution in [0.25, 0.3) is 11.0 Å². The fourth-order valence-corrected chi connectivity index (χ4v) is 3.70. The van der Waals surface area contributed by atoms with E-state index < -0.39 is 0 Å². The molecule has 28 heavy (non-hydrogen) atoms. The molecule has 1 amide bonds. The molecular formula is C22H23FN2O3. The molecule has 1 aliphatic rings. The Morgan fingerprint density at radius 1 is 1.14 bits per heavy atom. The molecule has 1 saturated heterocycles. The van der Waals surface area contributed by atoms with Crippen LogP contribution in [0, 0.1) is 12.7 Å². The topological polar surface area (TPSA) is 45.9 Å². The number of methoxy groups -OCH3 is 1. The first kappa shape index (κ1) is 18.5. The highest BCUT2D eigenvalue weighted by Crippen LogP contribution is 2.26. The van der Waals surface area contributed by atoms with E-state index in [1.807, 2.05) is 42.2 Å². The third-order valence-corrected chi connectivity index (χ3v) is 5.32. The average molecular weight is 382 g/mol. The Balaban J connectivity index is 1.40. The van der Waals surface area contributed by atoms with Crippen molar-refractivity contribution < 1.29 is 18.3 Å². The normalized spacial score (nSPS) is 15.2. The van der Waals surface area contributed by atoms with Gasteiger partial charge in [0.2, 0.25) is 0 Å². The minimum Gasteiger partial charge on any atom is -0.494 e. The number of ether oxygens (including phenoxy) is 1. The van der Waals surface area contributed by atoms with E-state index in [4.69, 9.17) is 9.15 Å². The van der Waals surface area contributed by atoms with E-state index in [0.717, 1.165) is 35.2 Å². The summed E-state index contributed by atoms with van der Waals surface area (Å²) >= 11 is 0. The number of carbonyl (C=O) groups excluding carboxylic acids is 1. The fraction of sp³-hybridized carbons (Fsp3) is 0.318. The molecule has 146 valence electrons. The maximum Gasteiger partial charge on any atom is 0.289 e. The summed E-state index contributed by atoms with van der Waals surface area (Å²) < 4.78 is 24.7. The van der Waals surface area contributed by atoms with Crippen LogP contribution in [-0.4, -0.2) is 49.0 Å². The van der Waals surface area contributed by atoms with Gasteiger partial charge in [-0.2, -0.15) is 0 Å². The molecule has 0 unspecified atom stereocenters. The van der Waals surface area contributed by atoms with Crippen molar-refractivity contribution in [2.45, 2.75) is 13.5 Å². The zero-order valence-electron chi connectivity index (χ0n) is 16.1. The third kappa shape index (κ3) is 3.47. The summed E-state index contributed by atoms with van der Waals surface area (Å²) in [5.74, 6) is 0.255. The van der Waals surface area contributed by atoms with E-state index >= 15 is 0 Å². The molecule has 0 aliphatic carbocycles. The Labute approximate surface area is 163 Å². The predicted molar refractivity (Wildman–Crippen MR) is 105 cm³/mol. The second-order valence-corrected chi connectivity index (χ2v) is 7.09. The molecule has 0 bridgehead atoms. The van der Waals surface area contributed by atoms with Crippen molar-refractivity contribution in [3.8, 4) is 5.75 Å². The first-order chi connectivity index (χ1) is 13.6. The van der Waals surface area contributed by atoms with E-state index in [2.05, 4.69) is 4.90 Å². The van der Waals surface area contributed by atoms with Crippen molar-refractivity contribution >= 4 is 16.9 Å². The molecule has 0 spiro atoms. The Kier molecular flexibility index (Phi) is 5.05. The van der Waals surface area contributed by atoms with Gasteiger partial charge in [0.1, 0.15) is 5.58 Å². The standard InChI is InChI=1S/C22H23FN2O3/c1-15-17-5-3-4-6-19(17)28-21(15)22(26)25-11-9-24(10-12-25)14-16-7-8-20(27-2)18(23)13-16/h3-8,13H,9-12,14H2,1-2H3. The lowest BCUT2D eigenvalue weighted by molar-refractivity contribution is 0.0599. The quantitative estimate of drug-likeness (QED) is 0.688. The first-order valence-electron chi connectivity index (χ1n) is 9.39. The highest BCUT2D eigenvalue weighted by atomic mass is 19.1. The monoisotopic (exact) mass is 382 g/mol. The van der Waals surface area contributed by atoms with Gasteiger partial charge in [0.25, 0.3) is 5.91 Å². The van der Waals surface area contributed by atoms with Crippen molar-refractivity contribution in [3.63, 3.8) is 0 Å². The number of nitrogens with zero attached hydrogens (tertiary/aromatic N) is 2. The lowest BCUT2D eigenvalue weighted by atomic mass is 10.1. The number of carbonyl (C=O) groups is 1. The fourth-order valence-electron chi connectivity index (χ4n) is 3.70. The van der Waals surface area contributed by atoms with Gasteiger partial charge < -0.3 is 14.1 Å². The van der Waals surface area contributed by atoms with Gasteiger partial charge in [0.05, 0.1) is 7.11 Å². The van der Waals surface area contributed by atoms with Crippen molar-refractivity contribution in [2.75, 3.05) is 33.3 Å². The molecule has 0 saturated carbocycles. The Hall–Kier alpha value is -2.86. The molecule has 2 aromatic carbocycles.